The van der Waals surface area contributed by atoms with E-state index in [2.05, 4.69) is 48.9 Å². The van der Waals surface area contributed by atoms with E-state index in [1.165, 1.54) is 29.6 Å². The van der Waals surface area contributed by atoms with Gasteiger partial charge in [-0.3, -0.25) is 4.99 Å². The van der Waals surface area contributed by atoms with E-state index in [-0.39, 0.29) is 11.7 Å². The van der Waals surface area contributed by atoms with E-state index in [9.17, 15) is 8.42 Å². The molecule has 0 saturated heterocycles. The molecule has 0 aromatic carbocycles. The smallest absolute Gasteiger partial charge is 0.211 e. The van der Waals surface area contributed by atoms with Gasteiger partial charge < -0.3 is 4.90 Å². The third kappa shape index (κ3) is 5.40. The molecule has 1 heterocycles. The van der Waals surface area contributed by atoms with Crippen molar-refractivity contribution in [2.45, 2.75) is 71.3 Å². The van der Waals surface area contributed by atoms with Crippen molar-refractivity contribution in [2.75, 3.05) is 19.8 Å². The van der Waals surface area contributed by atoms with Crippen molar-refractivity contribution < 1.29 is 8.42 Å². The Morgan fingerprint density at radius 1 is 1.31 bits per heavy atom. The van der Waals surface area contributed by atoms with Gasteiger partial charge in [0.25, 0.3) is 0 Å². The van der Waals surface area contributed by atoms with Crippen LogP contribution in [0.15, 0.2) is 40.2 Å². The summed E-state index contributed by atoms with van der Waals surface area (Å²) in [4.78, 5) is 7.36. The van der Waals surface area contributed by atoms with Crippen LogP contribution in [0.2, 0.25) is 0 Å². The van der Waals surface area contributed by atoms with Gasteiger partial charge in [0.05, 0.1) is 5.75 Å². The second-order valence-electron chi connectivity index (χ2n) is 8.87. The Hall–Kier alpha value is -1.40. The van der Waals surface area contributed by atoms with Gasteiger partial charge in [-0.25, -0.2) is 13.1 Å². The Labute approximate surface area is 177 Å². The Balaban J connectivity index is 1.82. The summed E-state index contributed by atoms with van der Waals surface area (Å²) in [7, 11) is 0.608. The minimum Gasteiger partial charge on any atom is -0.374 e. The lowest BCUT2D eigenvalue weighted by Gasteiger charge is -2.42. The van der Waals surface area contributed by atoms with E-state index in [4.69, 9.17) is 4.99 Å². The number of fused-ring (bicyclic) bond motifs is 1. The topological polar surface area (TPSA) is 61.8 Å². The SMILES string of the molecule is CCC1=CN=C2CCCC=CC2=C(N(C)C2CCC(CS(=O)(=O)NC)CC2C)C1. The van der Waals surface area contributed by atoms with E-state index in [1.54, 1.807) is 0 Å². The van der Waals surface area contributed by atoms with Crippen LogP contribution >= 0.6 is 0 Å². The molecule has 3 atom stereocenters. The summed E-state index contributed by atoms with van der Waals surface area (Å²) >= 11 is 0. The van der Waals surface area contributed by atoms with Crippen LogP contribution in [0.25, 0.3) is 0 Å². The first-order valence-electron chi connectivity index (χ1n) is 11.1. The standard InChI is InChI=1S/C23H37N3O2S/c1-5-18-14-23(20-9-7-6-8-10-21(20)25-15-18)26(4)22-12-11-19(13-17(22)2)16-29(27,28)24-3/h7,9,15,17,19,22,24H,5-6,8,10-14,16H2,1-4H3. The number of sulfonamides is 1. The van der Waals surface area contributed by atoms with Crippen molar-refractivity contribution in [1.29, 1.82) is 0 Å². The normalized spacial score (nSPS) is 28.2. The lowest BCUT2D eigenvalue weighted by Crippen LogP contribution is -2.42. The summed E-state index contributed by atoms with van der Waals surface area (Å²) in [5, 5.41) is 0. The van der Waals surface area contributed by atoms with Crippen LogP contribution in [0.4, 0.5) is 0 Å². The maximum Gasteiger partial charge on any atom is 0.211 e. The fourth-order valence-corrected chi connectivity index (χ4v) is 6.17. The quantitative estimate of drug-likeness (QED) is 0.694. The molecule has 0 radical (unpaired) electrons. The summed E-state index contributed by atoms with van der Waals surface area (Å²) in [6.45, 7) is 4.50. The Morgan fingerprint density at radius 2 is 2.10 bits per heavy atom. The summed E-state index contributed by atoms with van der Waals surface area (Å²) in [5.74, 6) is 0.965. The number of nitrogens with one attached hydrogen (secondary N) is 1. The molecule has 0 amide bonds. The molecular formula is C23H37N3O2S. The maximum atomic E-state index is 12.0. The fraction of sp³-hybridized carbons (Fsp3) is 0.696. The molecule has 29 heavy (non-hydrogen) atoms. The molecular weight excluding hydrogens is 382 g/mol. The molecule has 1 aliphatic heterocycles. The third-order valence-electron chi connectivity index (χ3n) is 6.86. The highest BCUT2D eigenvalue weighted by Gasteiger charge is 2.34. The van der Waals surface area contributed by atoms with Gasteiger partial charge in [0.1, 0.15) is 0 Å². The lowest BCUT2D eigenvalue weighted by atomic mass is 9.78. The molecule has 3 unspecified atom stereocenters. The number of allylic oxidation sites excluding steroid dienone is 4. The van der Waals surface area contributed by atoms with E-state index in [0.29, 0.717) is 12.0 Å². The molecule has 6 heteroatoms. The van der Waals surface area contributed by atoms with Crippen molar-refractivity contribution in [2.24, 2.45) is 16.8 Å². The van der Waals surface area contributed by atoms with Crippen molar-refractivity contribution >= 4 is 15.7 Å². The monoisotopic (exact) mass is 419 g/mol. The zero-order valence-electron chi connectivity index (χ0n) is 18.4. The van der Waals surface area contributed by atoms with Gasteiger partial charge in [-0.1, -0.05) is 26.0 Å². The minimum atomic E-state index is -3.14. The van der Waals surface area contributed by atoms with Crippen LogP contribution in [-0.4, -0.2) is 44.9 Å². The molecule has 1 fully saturated rings. The number of aliphatic imine (C=N–C) groups is 1. The minimum absolute atomic E-state index is 0.250. The zero-order chi connectivity index (χ0) is 21.0. The maximum absolute atomic E-state index is 12.0. The van der Waals surface area contributed by atoms with Crippen LogP contribution in [-0.2, 0) is 10.0 Å². The molecule has 1 N–H and O–H groups in total. The first-order chi connectivity index (χ1) is 13.8. The van der Waals surface area contributed by atoms with Gasteiger partial charge in [-0.05, 0) is 69.4 Å². The van der Waals surface area contributed by atoms with E-state index in [0.717, 1.165) is 51.4 Å². The average Bonchev–Trinajstić information content (AvgIpc) is 3.02. The van der Waals surface area contributed by atoms with E-state index in [1.807, 2.05) is 0 Å². The first-order valence-corrected chi connectivity index (χ1v) is 12.8. The van der Waals surface area contributed by atoms with Gasteiger partial charge in [0.15, 0.2) is 0 Å². The summed E-state index contributed by atoms with van der Waals surface area (Å²) in [6, 6.07) is 0.445. The summed E-state index contributed by atoms with van der Waals surface area (Å²) < 4.78 is 26.4. The van der Waals surface area contributed by atoms with Crippen molar-refractivity contribution in [3.63, 3.8) is 0 Å². The number of hydrogen-bond acceptors (Lipinski definition) is 4. The van der Waals surface area contributed by atoms with Gasteiger partial charge in [0.2, 0.25) is 10.0 Å². The molecule has 162 valence electrons. The molecule has 1 saturated carbocycles. The highest BCUT2D eigenvalue weighted by atomic mass is 32.2. The molecule has 0 bridgehead atoms. The number of nitrogens with zero attached hydrogens (tertiary/aromatic N) is 2. The van der Waals surface area contributed by atoms with Gasteiger partial charge in [0, 0.05) is 42.7 Å². The van der Waals surface area contributed by atoms with Gasteiger partial charge in [-0.15, -0.1) is 0 Å². The van der Waals surface area contributed by atoms with Gasteiger partial charge >= 0.3 is 0 Å². The molecule has 2 aliphatic carbocycles. The second kappa shape index (κ2) is 9.61. The summed E-state index contributed by atoms with van der Waals surface area (Å²) in [6.07, 6.45) is 15.0. The fourth-order valence-electron chi connectivity index (χ4n) is 5.08. The second-order valence-corrected chi connectivity index (χ2v) is 10.8. The van der Waals surface area contributed by atoms with Crippen LogP contribution in [0.5, 0.6) is 0 Å². The molecule has 3 aliphatic rings. The predicted octanol–water partition coefficient (Wildman–Crippen LogP) is 4.41. The molecule has 3 rings (SSSR count). The number of hydrogen-bond donors (Lipinski definition) is 1. The molecule has 0 aromatic heterocycles. The first kappa shape index (κ1) is 22.3. The number of rotatable bonds is 6. The average molecular weight is 420 g/mol. The van der Waals surface area contributed by atoms with E-state index < -0.39 is 10.0 Å². The van der Waals surface area contributed by atoms with Crippen molar-refractivity contribution in [1.82, 2.24) is 9.62 Å². The zero-order valence-corrected chi connectivity index (χ0v) is 19.3. The van der Waals surface area contributed by atoms with E-state index >= 15 is 0 Å². The highest BCUT2D eigenvalue weighted by Crippen LogP contribution is 2.37. The largest absolute Gasteiger partial charge is 0.374 e. The van der Waals surface area contributed by atoms with Crippen molar-refractivity contribution in [3.05, 3.63) is 35.2 Å². The van der Waals surface area contributed by atoms with Crippen LogP contribution in [0.3, 0.4) is 0 Å². The lowest BCUT2D eigenvalue weighted by molar-refractivity contribution is 0.143. The highest BCUT2D eigenvalue weighted by molar-refractivity contribution is 7.89. The van der Waals surface area contributed by atoms with Crippen molar-refractivity contribution in [3.8, 4) is 0 Å². The Bertz CT molecular complexity index is 823. The van der Waals surface area contributed by atoms with Gasteiger partial charge in [-0.2, -0.15) is 0 Å². The third-order valence-corrected chi connectivity index (χ3v) is 8.40. The Kier molecular flexibility index (Phi) is 7.38. The Morgan fingerprint density at radius 3 is 2.79 bits per heavy atom. The van der Waals surface area contributed by atoms with Crippen LogP contribution in [0, 0.1) is 11.8 Å². The summed E-state index contributed by atoms with van der Waals surface area (Å²) in [5.41, 5.74) is 5.32. The predicted molar refractivity (Wildman–Crippen MR) is 121 cm³/mol. The molecule has 5 nitrogen and oxygen atoms in total. The van der Waals surface area contributed by atoms with Crippen LogP contribution < -0.4 is 4.72 Å². The molecule has 0 aromatic rings. The van der Waals surface area contributed by atoms with Crippen LogP contribution in [0.1, 0.15) is 65.2 Å². The molecule has 0 spiro atoms.